The van der Waals surface area contributed by atoms with Crippen LogP contribution < -0.4 is 0 Å². The molecule has 1 aromatic carbocycles. The monoisotopic (exact) mass is 181 g/mol. The molecule has 0 fully saturated rings. The van der Waals surface area contributed by atoms with Crippen molar-refractivity contribution in [1.82, 2.24) is 0 Å². The minimum absolute atomic E-state index is 0.137. The molecule has 0 radical (unpaired) electrons. The summed E-state index contributed by atoms with van der Waals surface area (Å²) >= 11 is 0. The smallest absolute Gasteiger partial charge is 0.269 e. The fourth-order valence-electron chi connectivity index (χ4n) is 0.550. The summed E-state index contributed by atoms with van der Waals surface area (Å²) in [5.41, 5.74) is 0.137. The Kier molecular flexibility index (Phi) is 5.88. The third kappa shape index (κ3) is 5.43. The van der Waals surface area contributed by atoms with Crippen LogP contribution in [0.5, 0.6) is 0 Å². The van der Waals surface area contributed by atoms with Gasteiger partial charge in [0.2, 0.25) is 0 Å². The lowest BCUT2D eigenvalue weighted by Crippen LogP contribution is -1.84. The SMILES string of the molecule is C=COC.O=[N+]([O-])c1ccccc1. The van der Waals surface area contributed by atoms with Gasteiger partial charge < -0.3 is 4.74 Å². The van der Waals surface area contributed by atoms with E-state index in [0.717, 1.165) is 0 Å². The Balaban J connectivity index is 0.000000310. The molecule has 0 saturated carbocycles. The van der Waals surface area contributed by atoms with Crippen molar-refractivity contribution < 1.29 is 9.66 Å². The Labute approximate surface area is 76.6 Å². The van der Waals surface area contributed by atoms with Crippen LogP contribution in [0.15, 0.2) is 43.2 Å². The van der Waals surface area contributed by atoms with E-state index in [2.05, 4.69) is 11.3 Å². The number of hydrogen-bond donors (Lipinski definition) is 0. The molecule has 0 unspecified atom stereocenters. The summed E-state index contributed by atoms with van der Waals surface area (Å²) in [6, 6.07) is 7.93. The summed E-state index contributed by atoms with van der Waals surface area (Å²) in [6.07, 6.45) is 1.38. The van der Waals surface area contributed by atoms with E-state index in [0.29, 0.717) is 0 Å². The average molecular weight is 181 g/mol. The van der Waals surface area contributed by atoms with Crippen LogP contribution in [0.3, 0.4) is 0 Å². The van der Waals surface area contributed by atoms with Crippen molar-refractivity contribution in [2.45, 2.75) is 0 Å². The summed E-state index contributed by atoms with van der Waals surface area (Å²) < 4.78 is 4.31. The number of methoxy groups -OCH3 is 1. The van der Waals surface area contributed by atoms with Crippen molar-refractivity contribution in [3.63, 3.8) is 0 Å². The van der Waals surface area contributed by atoms with Gasteiger partial charge in [0.15, 0.2) is 0 Å². The lowest BCUT2D eigenvalue weighted by atomic mass is 10.3. The second-order valence-electron chi connectivity index (χ2n) is 2.00. The van der Waals surface area contributed by atoms with Crippen molar-refractivity contribution in [1.29, 1.82) is 0 Å². The molecule has 13 heavy (non-hydrogen) atoms. The molecule has 1 aromatic rings. The van der Waals surface area contributed by atoms with Gasteiger partial charge >= 0.3 is 0 Å². The quantitative estimate of drug-likeness (QED) is 0.400. The molecule has 0 amide bonds. The van der Waals surface area contributed by atoms with E-state index in [4.69, 9.17) is 0 Å². The Morgan fingerprint density at radius 2 is 1.92 bits per heavy atom. The summed E-state index contributed by atoms with van der Waals surface area (Å²) in [5, 5.41) is 10.0. The number of nitro benzene ring substituents is 1. The zero-order valence-electron chi connectivity index (χ0n) is 7.34. The number of ether oxygens (including phenoxy) is 1. The molecule has 0 bridgehead atoms. The highest BCUT2D eigenvalue weighted by molar-refractivity contribution is 5.27. The highest BCUT2D eigenvalue weighted by atomic mass is 16.6. The maximum absolute atomic E-state index is 10.0. The third-order valence-corrected chi connectivity index (χ3v) is 1.13. The molecule has 0 aliphatic carbocycles. The number of non-ortho nitro benzene ring substituents is 1. The molecule has 0 aliphatic heterocycles. The normalized spacial score (nSPS) is 7.77. The average Bonchev–Trinajstić information content (AvgIpc) is 2.19. The second-order valence-corrected chi connectivity index (χ2v) is 2.00. The number of nitro groups is 1. The number of benzene rings is 1. The van der Waals surface area contributed by atoms with Gasteiger partial charge in [-0.15, -0.1) is 0 Å². The van der Waals surface area contributed by atoms with Gasteiger partial charge in [-0.1, -0.05) is 24.8 Å². The van der Waals surface area contributed by atoms with E-state index in [9.17, 15) is 10.1 Å². The molecule has 0 aliphatic rings. The van der Waals surface area contributed by atoms with E-state index in [1.165, 1.54) is 18.4 Å². The van der Waals surface area contributed by atoms with Crippen LogP contribution in [0.2, 0.25) is 0 Å². The summed E-state index contributed by atoms with van der Waals surface area (Å²) in [6.45, 7) is 3.26. The van der Waals surface area contributed by atoms with Crippen LogP contribution in [-0.4, -0.2) is 12.0 Å². The Hall–Kier alpha value is -1.84. The first-order valence-corrected chi connectivity index (χ1v) is 3.55. The molecule has 0 N–H and O–H groups in total. The minimum atomic E-state index is -0.417. The number of nitrogens with zero attached hydrogens (tertiary/aromatic N) is 1. The van der Waals surface area contributed by atoms with Crippen molar-refractivity contribution in [2.75, 3.05) is 7.11 Å². The predicted octanol–water partition coefficient (Wildman–Crippen LogP) is 2.37. The van der Waals surface area contributed by atoms with Crippen LogP contribution in [0.25, 0.3) is 0 Å². The molecular formula is C9H11NO3. The first kappa shape index (κ1) is 11.2. The molecule has 4 nitrogen and oxygen atoms in total. The molecule has 0 spiro atoms. The molecule has 0 saturated heterocycles. The van der Waals surface area contributed by atoms with E-state index >= 15 is 0 Å². The molecule has 0 heterocycles. The predicted molar refractivity (Wildman–Crippen MR) is 50.3 cm³/mol. The van der Waals surface area contributed by atoms with Crippen LogP contribution in [0.4, 0.5) is 5.69 Å². The molecule has 0 atom stereocenters. The molecule has 70 valence electrons. The molecule has 1 rings (SSSR count). The van der Waals surface area contributed by atoms with Gasteiger partial charge in [0.05, 0.1) is 18.3 Å². The fraction of sp³-hybridized carbons (Fsp3) is 0.111. The van der Waals surface area contributed by atoms with Gasteiger partial charge in [-0.2, -0.15) is 0 Å². The molecular weight excluding hydrogens is 170 g/mol. The lowest BCUT2D eigenvalue weighted by Gasteiger charge is -1.85. The third-order valence-electron chi connectivity index (χ3n) is 1.13. The van der Waals surface area contributed by atoms with Gasteiger partial charge in [0.1, 0.15) is 0 Å². The zero-order chi connectivity index (χ0) is 10.1. The number of rotatable bonds is 2. The van der Waals surface area contributed by atoms with Gasteiger partial charge in [-0.3, -0.25) is 10.1 Å². The summed E-state index contributed by atoms with van der Waals surface area (Å²) in [7, 11) is 1.56. The van der Waals surface area contributed by atoms with Gasteiger partial charge in [0.25, 0.3) is 5.69 Å². The van der Waals surface area contributed by atoms with Gasteiger partial charge in [-0.25, -0.2) is 0 Å². The Morgan fingerprint density at radius 1 is 1.46 bits per heavy atom. The first-order chi connectivity index (χ1) is 6.22. The second kappa shape index (κ2) is 6.84. The largest absolute Gasteiger partial charge is 0.505 e. The standard InChI is InChI=1S/C6H5NO2.C3H6O/c8-7(9)6-4-2-1-3-5-6;1-3-4-2/h1-5H;3H,1H2,2H3. The van der Waals surface area contributed by atoms with Crippen molar-refractivity contribution in [3.05, 3.63) is 53.3 Å². The summed E-state index contributed by atoms with van der Waals surface area (Å²) in [5.74, 6) is 0. The highest BCUT2D eigenvalue weighted by Gasteiger charge is 1.98. The maximum atomic E-state index is 10.0. The number of para-hydroxylation sites is 1. The minimum Gasteiger partial charge on any atom is -0.505 e. The highest BCUT2D eigenvalue weighted by Crippen LogP contribution is 2.06. The van der Waals surface area contributed by atoms with E-state index in [1.807, 2.05) is 0 Å². The van der Waals surface area contributed by atoms with Gasteiger partial charge in [-0.05, 0) is 0 Å². The summed E-state index contributed by atoms with van der Waals surface area (Å²) in [4.78, 5) is 9.59. The van der Waals surface area contributed by atoms with E-state index in [1.54, 1.807) is 25.3 Å². The Bertz CT molecular complexity index is 259. The maximum Gasteiger partial charge on any atom is 0.269 e. The lowest BCUT2D eigenvalue weighted by molar-refractivity contribution is -0.384. The van der Waals surface area contributed by atoms with Crippen molar-refractivity contribution >= 4 is 5.69 Å². The first-order valence-electron chi connectivity index (χ1n) is 3.55. The Morgan fingerprint density at radius 3 is 2.15 bits per heavy atom. The van der Waals surface area contributed by atoms with E-state index < -0.39 is 4.92 Å². The number of hydrogen-bond acceptors (Lipinski definition) is 3. The van der Waals surface area contributed by atoms with Gasteiger partial charge in [0, 0.05) is 12.1 Å². The zero-order valence-corrected chi connectivity index (χ0v) is 7.34. The molecule has 0 aromatic heterocycles. The molecule has 4 heteroatoms. The van der Waals surface area contributed by atoms with Crippen LogP contribution >= 0.6 is 0 Å². The van der Waals surface area contributed by atoms with Crippen LogP contribution in [0, 0.1) is 10.1 Å². The van der Waals surface area contributed by atoms with Crippen LogP contribution in [0.1, 0.15) is 0 Å². The van der Waals surface area contributed by atoms with Crippen molar-refractivity contribution in [3.8, 4) is 0 Å². The van der Waals surface area contributed by atoms with E-state index in [-0.39, 0.29) is 5.69 Å². The van der Waals surface area contributed by atoms with Crippen LogP contribution in [-0.2, 0) is 4.74 Å². The topological polar surface area (TPSA) is 52.4 Å². The fourth-order valence-corrected chi connectivity index (χ4v) is 0.550. The van der Waals surface area contributed by atoms with Crippen molar-refractivity contribution in [2.24, 2.45) is 0 Å².